The average Bonchev–Trinajstić information content (AvgIpc) is 2.68. The lowest BCUT2D eigenvalue weighted by Crippen LogP contribution is -2.28. The highest BCUT2D eigenvalue weighted by Gasteiger charge is 2.29. The van der Waals surface area contributed by atoms with Crippen molar-refractivity contribution in [3.8, 4) is 5.75 Å². The van der Waals surface area contributed by atoms with Gasteiger partial charge in [-0.2, -0.15) is 0 Å². The molecule has 2 atom stereocenters. The summed E-state index contributed by atoms with van der Waals surface area (Å²) in [6.07, 6.45) is 0. The predicted molar refractivity (Wildman–Crippen MR) is 67.0 cm³/mol. The quantitative estimate of drug-likeness (QED) is 0.679. The molecule has 1 amide bonds. The van der Waals surface area contributed by atoms with Crippen LogP contribution in [0.4, 0.5) is 5.69 Å². The molecule has 1 saturated heterocycles. The smallest absolute Gasteiger partial charge is 0.229 e. The van der Waals surface area contributed by atoms with E-state index in [1.54, 1.807) is 18.2 Å². The van der Waals surface area contributed by atoms with E-state index in [9.17, 15) is 9.90 Å². The van der Waals surface area contributed by atoms with Crippen molar-refractivity contribution in [2.75, 3.05) is 18.4 Å². The summed E-state index contributed by atoms with van der Waals surface area (Å²) in [4.78, 5) is 12.0. The highest BCUT2D eigenvalue weighted by Crippen LogP contribution is 2.23. The van der Waals surface area contributed by atoms with Gasteiger partial charge >= 0.3 is 0 Å². The van der Waals surface area contributed by atoms with E-state index in [4.69, 9.17) is 0 Å². The molecule has 1 aliphatic rings. The second kappa shape index (κ2) is 4.75. The molecule has 0 saturated carbocycles. The van der Waals surface area contributed by atoms with Crippen LogP contribution in [0.25, 0.3) is 0 Å². The predicted octanol–water partition coefficient (Wildman–Crippen LogP) is 1.49. The van der Waals surface area contributed by atoms with Gasteiger partial charge in [-0.15, -0.1) is 0 Å². The van der Waals surface area contributed by atoms with Crippen LogP contribution in [-0.2, 0) is 4.79 Å². The number of carbonyl (C=O) groups excluding carboxylic acids is 1. The zero-order chi connectivity index (χ0) is 12.4. The first-order chi connectivity index (χ1) is 8.08. The number of hydrogen-bond acceptors (Lipinski definition) is 3. The van der Waals surface area contributed by atoms with E-state index < -0.39 is 0 Å². The van der Waals surface area contributed by atoms with Crippen molar-refractivity contribution in [2.24, 2.45) is 11.8 Å². The molecular formula is C13H18N2O2. The van der Waals surface area contributed by atoms with Gasteiger partial charge in [-0.1, -0.05) is 6.92 Å². The third-order valence-electron chi connectivity index (χ3n) is 3.32. The van der Waals surface area contributed by atoms with E-state index in [0.29, 0.717) is 5.92 Å². The SMILES string of the molecule is Cc1cc(O)ccc1NC(=O)[C@@H]1CNC[C@H]1C. The van der Waals surface area contributed by atoms with Crippen LogP contribution in [0.5, 0.6) is 5.75 Å². The number of rotatable bonds is 2. The van der Waals surface area contributed by atoms with E-state index >= 15 is 0 Å². The first-order valence-electron chi connectivity index (χ1n) is 5.89. The molecule has 0 unspecified atom stereocenters. The molecule has 4 nitrogen and oxygen atoms in total. The Morgan fingerprint density at radius 2 is 2.24 bits per heavy atom. The molecule has 3 N–H and O–H groups in total. The van der Waals surface area contributed by atoms with Crippen molar-refractivity contribution in [3.05, 3.63) is 23.8 Å². The van der Waals surface area contributed by atoms with Gasteiger partial charge in [0.2, 0.25) is 5.91 Å². The van der Waals surface area contributed by atoms with E-state index in [1.165, 1.54) is 0 Å². The van der Waals surface area contributed by atoms with Crippen molar-refractivity contribution >= 4 is 11.6 Å². The number of aromatic hydroxyl groups is 1. The van der Waals surface area contributed by atoms with Gasteiger partial charge in [0.1, 0.15) is 5.75 Å². The Kier molecular flexibility index (Phi) is 3.33. The Balaban J connectivity index is 2.07. The summed E-state index contributed by atoms with van der Waals surface area (Å²) >= 11 is 0. The molecule has 0 spiro atoms. The van der Waals surface area contributed by atoms with Crippen molar-refractivity contribution in [1.82, 2.24) is 5.32 Å². The Hall–Kier alpha value is -1.55. The fourth-order valence-corrected chi connectivity index (χ4v) is 2.17. The Bertz CT molecular complexity index is 431. The van der Waals surface area contributed by atoms with Crippen LogP contribution in [0.15, 0.2) is 18.2 Å². The van der Waals surface area contributed by atoms with Crippen molar-refractivity contribution in [2.45, 2.75) is 13.8 Å². The number of hydrogen-bond donors (Lipinski definition) is 3. The fourth-order valence-electron chi connectivity index (χ4n) is 2.17. The fraction of sp³-hybridized carbons (Fsp3) is 0.462. The van der Waals surface area contributed by atoms with Crippen LogP contribution in [0.3, 0.4) is 0 Å². The van der Waals surface area contributed by atoms with Gasteiger partial charge in [0.15, 0.2) is 0 Å². The van der Waals surface area contributed by atoms with E-state index in [-0.39, 0.29) is 17.6 Å². The number of nitrogens with one attached hydrogen (secondary N) is 2. The van der Waals surface area contributed by atoms with Crippen molar-refractivity contribution in [1.29, 1.82) is 0 Å². The Morgan fingerprint density at radius 1 is 1.47 bits per heavy atom. The zero-order valence-electron chi connectivity index (χ0n) is 10.2. The molecule has 0 radical (unpaired) electrons. The van der Waals surface area contributed by atoms with Gasteiger partial charge in [0, 0.05) is 12.2 Å². The van der Waals surface area contributed by atoms with Gasteiger partial charge in [-0.3, -0.25) is 4.79 Å². The minimum absolute atomic E-state index is 0.0307. The number of aryl methyl sites for hydroxylation is 1. The van der Waals surface area contributed by atoms with Crippen LogP contribution in [0.2, 0.25) is 0 Å². The summed E-state index contributed by atoms with van der Waals surface area (Å²) in [6.45, 7) is 5.58. The van der Waals surface area contributed by atoms with E-state index in [1.807, 2.05) is 6.92 Å². The molecule has 2 rings (SSSR count). The molecule has 1 aromatic carbocycles. The average molecular weight is 234 g/mol. The highest BCUT2D eigenvalue weighted by molar-refractivity contribution is 5.93. The zero-order valence-corrected chi connectivity index (χ0v) is 10.2. The molecular weight excluding hydrogens is 216 g/mol. The molecule has 0 aliphatic carbocycles. The van der Waals surface area contributed by atoms with Crippen LogP contribution in [-0.4, -0.2) is 24.1 Å². The molecule has 0 bridgehead atoms. The van der Waals surface area contributed by atoms with Gasteiger partial charge < -0.3 is 15.7 Å². The van der Waals surface area contributed by atoms with E-state index in [2.05, 4.69) is 17.6 Å². The minimum atomic E-state index is 0.0307. The molecule has 1 heterocycles. The third kappa shape index (κ3) is 2.58. The number of carbonyl (C=O) groups is 1. The molecule has 92 valence electrons. The number of phenols is 1. The molecule has 1 aromatic rings. The summed E-state index contributed by atoms with van der Waals surface area (Å²) < 4.78 is 0. The van der Waals surface area contributed by atoms with Gasteiger partial charge in [-0.25, -0.2) is 0 Å². The maximum atomic E-state index is 12.0. The minimum Gasteiger partial charge on any atom is -0.508 e. The Morgan fingerprint density at radius 3 is 2.82 bits per heavy atom. The normalized spacial score (nSPS) is 23.6. The monoisotopic (exact) mass is 234 g/mol. The third-order valence-corrected chi connectivity index (χ3v) is 3.32. The highest BCUT2D eigenvalue weighted by atomic mass is 16.3. The summed E-state index contributed by atoms with van der Waals surface area (Å²) in [7, 11) is 0. The van der Waals surface area contributed by atoms with Crippen molar-refractivity contribution < 1.29 is 9.90 Å². The van der Waals surface area contributed by atoms with Gasteiger partial charge in [0.25, 0.3) is 0 Å². The lowest BCUT2D eigenvalue weighted by Gasteiger charge is -2.15. The van der Waals surface area contributed by atoms with Crippen LogP contribution in [0.1, 0.15) is 12.5 Å². The molecule has 0 aromatic heterocycles. The van der Waals surface area contributed by atoms with Gasteiger partial charge in [-0.05, 0) is 43.1 Å². The second-order valence-electron chi connectivity index (χ2n) is 4.73. The number of amides is 1. The first-order valence-corrected chi connectivity index (χ1v) is 5.89. The first kappa shape index (κ1) is 11.9. The molecule has 17 heavy (non-hydrogen) atoms. The summed E-state index contributed by atoms with van der Waals surface area (Å²) in [6, 6.07) is 4.96. The topological polar surface area (TPSA) is 61.4 Å². The van der Waals surface area contributed by atoms with Crippen molar-refractivity contribution in [3.63, 3.8) is 0 Å². The van der Waals surface area contributed by atoms with Gasteiger partial charge in [0.05, 0.1) is 5.92 Å². The number of phenolic OH excluding ortho intramolecular Hbond substituents is 1. The molecule has 1 aliphatic heterocycles. The molecule has 4 heteroatoms. The number of anilines is 1. The maximum Gasteiger partial charge on any atom is 0.229 e. The largest absolute Gasteiger partial charge is 0.508 e. The summed E-state index contributed by atoms with van der Waals surface area (Å²) in [5.41, 5.74) is 1.64. The maximum absolute atomic E-state index is 12.0. The Labute approximate surface area is 101 Å². The second-order valence-corrected chi connectivity index (χ2v) is 4.73. The van der Waals surface area contributed by atoms with Crippen LogP contribution >= 0.6 is 0 Å². The van der Waals surface area contributed by atoms with Crippen LogP contribution < -0.4 is 10.6 Å². The summed E-state index contributed by atoms with van der Waals surface area (Å²) in [5, 5.41) is 15.4. The van der Waals surface area contributed by atoms with E-state index in [0.717, 1.165) is 24.3 Å². The lowest BCUT2D eigenvalue weighted by atomic mass is 9.97. The molecule has 1 fully saturated rings. The lowest BCUT2D eigenvalue weighted by molar-refractivity contribution is -0.120. The number of benzene rings is 1. The summed E-state index contributed by atoms with van der Waals surface area (Å²) in [5.74, 6) is 0.670. The van der Waals surface area contributed by atoms with Crippen LogP contribution in [0, 0.1) is 18.8 Å². The standard InChI is InChI=1S/C13H18N2O2/c1-8-5-10(16)3-4-12(8)15-13(17)11-7-14-6-9(11)2/h3-5,9,11,14,16H,6-7H2,1-2H3,(H,15,17)/t9-,11-/m1/s1.